The summed E-state index contributed by atoms with van der Waals surface area (Å²) in [6.45, 7) is 6.26. The number of carbonyl (C=O) groups excluding carboxylic acids is 1. The quantitative estimate of drug-likeness (QED) is 0.639. The number of hydrogen-bond donors (Lipinski definition) is 1. The summed E-state index contributed by atoms with van der Waals surface area (Å²) < 4.78 is 1.89. The zero-order valence-corrected chi connectivity index (χ0v) is 12.0. The molecule has 2 rings (SSSR count). The van der Waals surface area contributed by atoms with Gasteiger partial charge in [-0.2, -0.15) is 0 Å². The van der Waals surface area contributed by atoms with Crippen LogP contribution in [-0.4, -0.2) is 32.0 Å². The largest absolute Gasteiger partial charge is 0.352 e. The molecule has 5 nitrogen and oxygen atoms in total. The minimum Gasteiger partial charge on any atom is -0.352 e. The average Bonchev–Trinajstić information content (AvgIpc) is 3.02. The molecule has 1 aliphatic rings. The van der Waals surface area contributed by atoms with Crippen LogP contribution < -0.4 is 5.32 Å². The summed E-state index contributed by atoms with van der Waals surface area (Å²) in [6.07, 6.45) is 8.11. The molecule has 6 heteroatoms. The molecule has 0 aromatic carbocycles. The molecule has 0 aliphatic heterocycles. The lowest BCUT2D eigenvalue weighted by atomic mass is 10.2. The third-order valence-electron chi connectivity index (χ3n) is 3.26. The summed E-state index contributed by atoms with van der Waals surface area (Å²) in [5.41, 5.74) is 0. The maximum Gasteiger partial charge on any atom is 0.233 e. The highest BCUT2D eigenvalue weighted by Gasteiger charge is 2.22. The van der Waals surface area contributed by atoms with Gasteiger partial charge in [0.05, 0.1) is 5.25 Å². The number of carbonyl (C=O) groups is 1. The number of allylic oxidation sites excluding steroid dienone is 1. The average molecular weight is 280 g/mol. The van der Waals surface area contributed by atoms with Gasteiger partial charge < -0.3 is 9.88 Å². The number of nitrogens with one attached hydrogen (secondary N) is 1. The minimum atomic E-state index is -0.159. The SMILES string of the molecule is C=CCn1cnnc1SC(C)C(=O)NC1CCCC1. The van der Waals surface area contributed by atoms with Crippen LogP contribution in [0.4, 0.5) is 0 Å². The molecule has 1 aromatic rings. The summed E-state index contributed by atoms with van der Waals surface area (Å²) in [5, 5.41) is 11.6. The number of aromatic nitrogens is 3. The normalized spacial score (nSPS) is 17.3. The lowest BCUT2D eigenvalue weighted by molar-refractivity contribution is -0.120. The molecule has 0 bridgehead atoms. The zero-order chi connectivity index (χ0) is 13.7. The Kier molecular flexibility index (Phi) is 5.01. The van der Waals surface area contributed by atoms with E-state index in [1.54, 1.807) is 12.4 Å². The van der Waals surface area contributed by atoms with Crippen molar-refractivity contribution < 1.29 is 4.79 Å². The van der Waals surface area contributed by atoms with Crippen molar-refractivity contribution in [3.63, 3.8) is 0 Å². The third kappa shape index (κ3) is 3.83. The van der Waals surface area contributed by atoms with Crippen molar-refractivity contribution in [2.45, 2.75) is 55.6 Å². The fourth-order valence-electron chi connectivity index (χ4n) is 2.20. The summed E-state index contributed by atoms with van der Waals surface area (Å²) in [7, 11) is 0. The molecule has 1 saturated carbocycles. The number of thioether (sulfide) groups is 1. The highest BCUT2D eigenvalue weighted by molar-refractivity contribution is 8.00. The molecule has 1 atom stereocenters. The van der Waals surface area contributed by atoms with Gasteiger partial charge in [-0.15, -0.1) is 16.8 Å². The van der Waals surface area contributed by atoms with E-state index in [1.165, 1.54) is 24.6 Å². The number of rotatable bonds is 6. The second-order valence-corrected chi connectivity index (χ2v) is 6.11. The fourth-order valence-corrected chi connectivity index (χ4v) is 3.04. The van der Waals surface area contributed by atoms with E-state index >= 15 is 0 Å². The predicted octanol–water partition coefficient (Wildman–Crippen LogP) is 2.00. The summed E-state index contributed by atoms with van der Waals surface area (Å²) in [6, 6.07) is 0.363. The van der Waals surface area contributed by atoms with E-state index in [1.807, 2.05) is 11.5 Å². The zero-order valence-electron chi connectivity index (χ0n) is 11.2. The highest BCUT2D eigenvalue weighted by Crippen LogP contribution is 2.23. The molecule has 1 amide bonds. The lowest BCUT2D eigenvalue weighted by Crippen LogP contribution is -2.37. The Bertz CT molecular complexity index is 440. The number of nitrogens with zero attached hydrogens (tertiary/aromatic N) is 3. The molecule has 1 aromatic heterocycles. The first kappa shape index (κ1) is 14.1. The highest BCUT2D eigenvalue weighted by atomic mass is 32.2. The van der Waals surface area contributed by atoms with Crippen LogP contribution in [0.1, 0.15) is 32.6 Å². The van der Waals surface area contributed by atoms with E-state index in [0.717, 1.165) is 18.0 Å². The smallest absolute Gasteiger partial charge is 0.233 e. The molecule has 1 N–H and O–H groups in total. The summed E-state index contributed by atoms with van der Waals surface area (Å²) in [5.74, 6) is 0.0880. The predicted molar refractivity (Wildman–Crippen MR) is 75.9 cm³/mol. The van der Waals surface area contributed by atoms with Gasteiger partial charge in [-0.25, -0.2) is 0 Å². The van der Waals surface area contributed by atoms with E-state index in [2.05, 4.69) is 22.1 Å². The molecule has 0 radical (unpaired) electrons. The van der Waals surface area contributed by atoms with Crippen LogP contribution in [0.3, 0.4) is 0 Å². The first-order valence-corrected chi connectivity index (χ1v) is 7.54. The van der Waals surface area contributed by atoms with E-state index < -0.39 is 0 Å². The van der Waals surface area contributed by atoms with Crippen LogP contribution in [0.2, 0.25) is 0 Å². The van der Waals surface area contributed by atoms with Gasteiger partial charge in [-0.1, -0.05) is 30.7 Å². The molecule has 0 spiro atoms. The van der Waals surface area contributed by atoms with Gasteiger partial charge in [0.2, 0.25) is 5.91 Å². The minimum absolute atomic E-state index is 0.0880. The maximum atomic E-state index is 12.1. The number of amides is 1. The Morgan fingerprint density at radius 3 is 3.11 bits per heavy atom. The van der Waals surface area contributed by atoms with E-state index in [0.29, 0.717) is 12.6 Å². The van der Waals surface area contributed by atoms with Crippen LogP contribution in [0.25, 0.3) is 0 Å². The van der Waals surface area contributed by atoms with Crippen molar-refractivity contribution in [2.75, 3.05) is 0 Å². The summed E-state index contributed by atoms with van der Waals surface area (Å²) in [4.78, 5) is 12.1. The second-order valence-electron chi connectivity index (χ2n) is 4.80. The van der Waals surface area contributed by atoms with Gasteiger partial charge in [0.15, 0.2) is 5.16 Å². The molecule has 1 fully saturated rings. The van der Waals surface area contributed by atoms with E-state index in [-0.39, 0.29) is 11.2 Å². The Hall–Kier alpha value is -1.30. The van der Waals surface area contributed by atoms with Crippen molar-refractivity contribution in [3.05, 3.63) is 19.0 Å². The molecule has 1 heterocycles. The van der Waals surface area contributed by atoms with Gasteiger partial charge in [0, 0.05) is 12.6 Å². The van der Waals surface area contributed by atoms with Gasteiger partial charge in [-0.05, 0) is 19.8 Å². The monoisotopic (exact) mass is 280 g/mol. The van der Waals surface area contributed by atoms with Gasteiger partial charge in [-0.3, -0.25) is 4.79 Å². The Morgan fingerprint density at radius 2 is 2.42 bits per heavy atom. The van der Waals surface area contributed by atoms with Gasteiger partial charge in [0.1, 0.15) is 6.33 Å². The fraction of sp³-hybridized carbons (Fsp3) is 0.615. The van der Waals surface area contributed by atoms with Crippen LogP contribution in [-0.2, 0) is 11.3 Å². The first-order valence-electron chi connectivity index (χ1n) is 6.66. The Labute approximate surface area is 117 Å². The standard InChI is InChI=1S/C13H20N4OS/c1-3-8-17-9-14-16-13(17)19-10(2)12(18)15-11-6-4-5-7-11/h3,9-11H,1,4-8H2,2H3,(H,15,18). The van der Waals surface area contributed by atoms with Crippen molar-refractivity contribution in [1.29, 1.82) is 0 Å². The van der Waals surface area contributed by atoms with Gasteiger partial charge >= 0.3 is 0 Å². The first-order chi connectivity index (χ1) is 9.20. The van der Waals surface area contributed by atoms with Crippen molar-refractivity contribution in [3.8, 4) is 0 Å². The third-order valence-corrected chi connectivity index (χ3v) is 4.35. The molecule has 104 valence electrons. The van der Waals surface area contributed by atoms with Crippen LogP contribution in [0, 0.1) is 0 Å². The van der Waals surface area contributed by atoms with Gasteiger partial charge in [0.25, 0.3) is 0 Å². The molecule has 19 heavy (non-hydrogen) atoms. The van der Waals surface area contributed by atoms with Crippen LogP contribution >= 0.6 is 11.8 Å². The molecule has 1 aliphatic carbocycles. The molecule has 0 saturated heterocycles. The second kappa shape index (κ2) is 6.75. The maximum absolute atomic E-state index is 12.1. The Morgan fingerprint density at radius 1 is 1.68 bits per heavy atom. The van der Waals surface area contributed by atoms with E-state index in [9.17, 15) is 4.79 Å². The van der Waals surface area contributed by atoms with Crippen molar-refractivity contribution in [1.82, 2.24) is 20.1 Å². The number of hydrogen-bond acceptors (Lipinski definition) is 4. The van der Waals surface area contributed by atoms with Crippen molar-refractivity contribution >= 4 is 17.7 Å². The van der Waals surface area contributed by atoms with Crippen LogP contribution in [0.15, 0.2) is 24.1 Å². The lowest BCUT2D eigenvalue weighted by Gasteiger charge is -2.16. The van der Waals surface area contributed by atoms with Crippen LogP contribution in [0.5, 0.6) is 0 Å². The summed E-state index contributed by atoms with van der Waals surface area (Å²) >= 11 is 1.44. The Balaban J connectivity index is 1.88. The topological polar surface area (TPSA) is 59.8 Å². The molecular weight excluding hydrogens is 260 g/mol. The van der Waals surface area contributed by atoms with Crippen molar-refractivity contribution in [2.24, 2.45) is 0 Å². The molecular formula is C13H20N4OS. The van der Waals surface area contributed by atoms with E-state index in [4.69, 9.17) is 0 Å². The molecule has 1 unspecified atom stereocenters.